The molecule has 2 heterocycles. The largest absolute Gasteiger partial charge is 0.497 e. The standard InChI is InChI=1S/C26H21ClN4O4S/c1-33-18-9-5-8-17(11-18)29-25(32)24-23(15-6-4-7-16(27)10-15)30-26(36-24)31-14-28-19-12-21(34-2)22(35-3)13-20(19)31/h4-14H,1-3H3,(H,29,32). The first-order valence-electron chi connectivity index (χ1n) is 10.8. The van der Waals surface area contributed by atoms with Crippen molar-refractivity contribution in [3.8, 4) is 33.6 Å². The monoisotopic (exact) mass is 520 g/mol. The predicted octanol–water partition coefficient (Wildman–Crippen LogP) is 6.08. The van der Waals surface area contributed by atoms with E-state index in [4.69, 9.17) is 30.8 Å². The van der Waals surface area contributed by atoms with Crippen LogP contribution in [0.1, 0.15) is 9.67 Å². The Labute approximate surface area is 216 Å². The summed E-state index contributed by atoms with van der Waals surface area (Å²) in [5.74, 6) is 1.48. The highest BCUT2D eigenvalue weighted by Crippen LogP contribution is 2.36. The van der Waals surface area contributed by atoms with Crippen molar-refractivity contribution in [2.75, 3.05) is 26.6 Å². The molecule has 0 radical (unpaired) electrons. The number of amides is 1. The molecule has 0 fully saturated rings. The van der Waals surface area contributed by atoms with Gasteiger partial charge in [-0.05, 0) is 24.3 Å². The fraction of sp³-hybridized carbons (Fsp3) is 0.115. The van der Waals surface area contributed by atoms with Crippen LogP contribution in [0.3, 0.4) is 0 Å². The van der Waals surface area contributed by atoms with E-state index in [1.165, 1.54) is 11.3 Å². The van der Waals surface area contributed by atoms with E-state index < -0.39 is 0 Å². The molecule has 36 heavy (non-hydrogen) atoms. The van der Waals surface area contributed by atoms with Crippen molar-refractivity contribution in [2.45, 2.75) is 0 Å². The Kier molecular flexibility index (Phi) is 6.49. The van der Waals surface area contributed by atoms with Gasteiger partial charge in [0.1, 0.15) is 17.0 Å². The van der Waals surface area contributed by atoms with Gasteiger partial charge in [-0.1, -0.05) is 41.1 Å². The van der Waals surface area contributed by atoms with Crippen molar-refractivity contribution in [1.82, 2.24) is 14.5 Å². The summed E-state index contributed by atoms with van der Waals surface area (Å²) < 4.78 is 18.0. The summed E-state index contributed by atoms with van der Waals surface area (Å²) in [6, 6.07) is 18.0. The van der Waals surface area contributed by atoms with E-state index in [0.717, 1.165) is 11.1 Å². The van der Waals surface area contributed by atoms with Gasteiger partial charge in [0.15, 0.2) is 16.6 Å². The number of nitrogens with zero attached hydrogens (tertiary/aromatic N) is 3. The van der Waals surface area contributed by atoms with Crippen molar-refractivity contribution >= 4 is 45.6 Å². The van der Waals surface area contributed by atoms with Gasteiger partial charge in [-0.25, -0.2) is 9.97 Å². The topological polar surface area (TPSA) is 87.5 Å². The Balaban J connectivity index is 1.62. The molecule has 2 aromatic heterocycles. The number of benzene rings is 3. The Hall–Kier alpha value is -4.08. The number of methoxy groups -OCH3 is 3. The molecular formula is C26H21ClN4O4S. The van der Waals surface area contributed by atoms with Crippen LogP contribution in [-0.4, -0.2) is 41.8 Å². The van der Waals surface area contributed by atoms with E-state index in [-0.39, 0.29) is 5.91 Å². The molecule has 182 valence electrons. The number of fused-ring (bicyclic) bond motifs is 1. The number of rotatable bonds is 7. The molecule has 0 aliphatic rings. The van der Waals surface area contributed by atoms with Crippen LogP contribution >= 0.6 is 22.9 Å². The van der Waals surface area contributed by atoms with Crippen LogP contribution < -0.4 is 19.5 Å². The van der Waals surface area contributed by atoms with Gasteiger partial charge in [-0.2, -0.15) is 0 Å². The van der Waals surface area contributed by atoms with E-state index in [1.54, 1.807) is 58.0 Å². The second-order valence-corrected chi connectivity index (χ2v) is 9.10. The summed E-state index contributed by atoms with van der Waals surface area (Å²) in [5.41, 5.74) is 3.31. The van der Waals surface area contributed by atoms with E-state index in [0.29, 0.717) is 49.2 Å². The van der Waals surface area contributed by atoms with Crippen LogP contribution in [0.15, 0.2) is 67.0 Å². The van der Waals surface area contributed by atoms with Gasteiger partial charge >= 0.3 is 0 Å². The molecule has 0 unspecified atom stereocenters. The van der Waals surface area contributed by atoms with Gasteiger partial charge in [0, 0.05) is 34.5 Å². The summed E-state index contributed by atoms with van der Waals surface area (Å²) in [6.07, 6.45) is 1.66. The fourth-order valence-electron chi connectivity index (χ4n) is 3.77. The molecule has 0 saturated carbocycles. The summed E-state index contributed by atoms with van der Waals surface area (Å²) in [5, 5.41) is 4.06. The lowest BCUT2D eigenvalue weighted by atomic mass is 10.1. The highest BCUT2D eigenvalue weighted by Gasteiger charge is 2.22. The number of carbonyl (C=O) groups excluding carboxylic acids is 1. The van der Waals surface area contributed by atoms with E-state index in [9.17, 15) is 4.79 Å². The highest BCUT2D eigenvalue weighted by atomic mass is 35.5. The van der Waals surface area contributed by atoms with Crippen LogP contribution in [0, 0.1) is 0 Å². The van der Waals surface area contributed by atoms with E-state index in [2.05, 4.69) is 10.3 Å². The molecule has 3 aromatic carbocycles. The molecule has 10 heteroatoms. The number of thiazole rings is 1. The van der Waals surface area contributed by atoms with Crippen molar-refractivity contribution in [3.05, 3.63) is 76.9 Å². The van der Waals surface area contributed by atoms with Crippen LogP contribution in [0.25, 0.3) is 27.4 Å². The zero-order valence-electron chi connectivity index (χ0n) is 19.6. The average molecular weight is 521 g/mol. The molecule has 1 amide bonds. The lowest BCUT2D eigenvalue weighted by Crippen LogP contribution is -2.11. The van der Waals surface area contributed by atoms with Crippen LogP contribution in [0.4, 0.5) is 5.69 Å². The maximum atomic E-state index is 13.4. The smallest absolute Gasteiger partial charge is 0.268 e. The summed E-state index contributed by atoms with van der Waals surface area (Å²) in [6.45, 7) is 0. The minimum absolute atomic E-state index is 0.300. The summed E-state index contributed by atoms with van der Waals surface area (Å²) in [4.78, 5) is 23.2. The molecule has 5 rings (SSSR count). The fourth-order valence-corrected chi connectivity index (χ4v) is 4.93. The molecule has 0 bridgehead atoms. The lowest BCUT2D eigenvalue weighted by molar-refractivity contribution is 0.103. The maximum Gasteiger partial charge on any atom is 0.268 e. The molecule has 0 saturated heterocycles. The highest BCUT2D eigenvalue weighted by molar-refractivity contribution is 7.16. The van der Waals surface area contributed by atoms with Gasteiger partial charge in [0.25, 0.3) is 5.91 Å². The Morgan fingerprint density at radius 1 is 0.972 bits per heavy atom. The minimum atomic E-state index is -0.300. The van der Waals surface area contributed by atoms with Crippen molar-refractivity contribution in [1.29, 1.82) is 0 Å². The van der Waals surface area contributed by atoms with Gasteiger partial charge in [0.2, 0.25) is 0 Å². The van der Waals surface area contributed by atoms with Crippen LogP contribution in [0.2, 0.25) is 5.02 Å². The first kappa shape index (κ1) is 23.7. The quantitative estimate of drug-likeness (QED) is 0.280. The molecule has 0 aliphatic carbocycles. The third-order valence-electron chi connectivity index (χ3n) is 5.51. The van der Waals surface area contributed by atoms with Crippen molar-refractivity contribution < 1.29 is 19.0 Å². The summed E-state index contributed by atoms with van der Waals surface area (Å²) in [7, 11) is 4.73. The van der Waals surface area contributed by atoms with E-state index in [1.807, 2.05) is 34.9 Å². The minimum Gasteiger partial charge on any atom is -0.497 e. The molecule has 0 aliphatic heterocycles. The van der Waals surface area contributed by atoms with Crippen LogP contribution in [0.5, 0.6) is 17.2 Å². The van der Waals surface area contributed by atoms with Crippen molar-refractivity contribution in [3.63, 3.8) is 0 Å². The average Bonchev–Trinajstić information content (AvgIpc) is 3.52. The maximum absolute atomic E-state index is 13.4. The molecular weight excluding hydrogens is 500 g/mol. The number of halogens is 1. The Morgan fingerprint density at radius 3 is 2.50 bits per heavy atom. The van der Waals surface area contributed by atoms with Crippen molar-refractivity contribution in [2.24, 2.45) is 0 Å². The third kappa shape index (κ3) is 4.46. The third-order valence-corrected chi connectivity index (χ3v) is 6.79. The van der Waals surface area contributed by atoms with Gasteiger partial charge in [-0.15, -0.1) is 0 Å². The Morgan fingerprint density at radius 2 is 1.75 bits per heavy atom. The number of hydrogen-bond donors (Lipinski definition) is 1. The molecule has 1 N–H and O–H groups in total. The SMILES string of the molecule is COc1cccc(NC(=O)c2sc(-n3cnc4cc(OC)c(OC)cc43)nc2-c2cccc(Cl)c2)c1. The summed E-state index contributed by atoms with van der Waals surface area (Å²) >= 11 is 7.50. The number of carbonyl (C=O) groups is 1. The number of imidazole rings is 1. The molecule has 0 atom stereocenters. The first-order chi connectivity index (χ1) is 17.5. The normalized spacial score (nSPS) is 10.9. The molecule has 8 nitrogen and oxygen atoms in total. The first-order valence-corrected chi connectivity index (χ1v) is 12.0. The number of anilines is 1. The van der Waals surface area contributed by atoms with E-state index >= 15 is 0 Å². The predicted molar refractivity (Wildman–Crippen MR) is 141 cm³/mol. The number of ether oxygens (including phenoxy) is 3. The van der Waals surface area contributed by atoms with Gasteiger partial charge in [0.05, 0.1) is 38.1 Å². The number of hydrogen-bond acceptors (Lipinski definition) is 7. The van der Waals surface area contributed by atoms with Crippen LogP contribution in [-0.2, 0) is 0 Å². The second kappa shape index (κ2) is 9.88. The van der Waals surface area contributed by atoms with Gasteiger partial charge in [-0.3, -0.25) is 9.36 Å². The zero-order valence-corrected chi connectivity index (χ0v) is 21.2. The lowest BCUT2D eigenvalue weighted by Gasteiger charge is -2.07. The second-order valence-electron chi connectivity index (χ2n) is 7.68. The molecule has 0 spiro atoms. The zero-order chi connectivity index (χ0) is 25.2. The molecule has 5 aromatic rings. The Bertz CT molecular complexity index is 1580. The van der Waals surface area contributed by atoms with Gasteiger partial charge < -0.3 is 19.5 Å². The number of nitrogens with one attached hydrogen (secondary N) is 1. The number of aromatic nitrogens is 3.